The molecular formula is C16H17N5O. The highest BCUT2D eigenvalue weighted by atomic mass is 16.1. The topological polar surface area (TPSA) is 72.7 Å². The molecule has 3 aromatic rings. The largest absolute Gasteiger partial charge is 0.349 e. The number of para-hydroxylation sites is 1. The summed E-state index contributed by atoms with van der Waals surface area (Å²) in [5.74, 6) is -0.0177. The zero-order valence-corrected chi connectivity index (χ0v) is 12.3. The van der Waals surface area contributed by atoms with Gasteiger partial charge < -0.3 is 5.32 Å². The molecule has 0 aliphatic rings. The van der Waals surface area contributed by atoms with Crippen LogP contribution in [0.1, 0.15) is 24.9 Å². The Labute approximate surface area is 128 Å². The van der Waals surface area contributed by atoms with Gasteiger partial charge in [0, 0.05) is 18.8 Å². The van der Waals surface area contributed by atoms with Crippen molar-refractivity contribution in [3.63, 3.8) is 0 Å². The Morgan fingerprint density at radius 1 is 1.27 bits per heavy atom. The second-order valence-corrected chi connectivity index (χ2v) is 5.13. The number of benzene rings is 1. The van der Waals surface area contributed by atoms with Gasteiger partial charge in [-0.2, -0.15) is 0 Å². The van der Waals surface area contributed by atoms with Crippen LogP contribution in [0.2, 0.25) is 0 Å². The third-order valence-corrected chi connectivity index (χ3v) is 3.53. The summed E-state index contributed by atoms with van der Waals surface area (Å²) >= 11 is 0. The Bertz CT molecular complexity index is 768. The normalized spacial score (nSPS) is 12.2. The summed E-state index contributed by atoms with van der Waals surface area (Å²) in [5, 5.41) is 11.1. The lowest BCUT2D eigenvalue weighted by Crippen LogP contribution is -2.27. The first-order chi connectivity index (χ1) is 10.7. The SMILES string of the molecule is C[C@@H](NC(=O)CCn1nnc2ccccc21)c1cccnc1. The minimum atomic E-state index is -0.0614. The Morgan fingerprint density at radius 3 is 2.95 bits per heavy atom. The molecule has 22 heavy (non-hydrogen) atoms. The lowest BCUT2D eigenvalue weighted by atomic mass is 10.1. The van der Waals surface area contributed by atoms with Crippen LogP contribution in [0.15, 0.2) is 48.8 Å². The lowest BCUT2D eigenvalue weighted by Gasteiger charge is -2.13. The number of aromatic nitrogens is 4. The van der Waals surface area contributed by atoms with Crippen molar-refractivity contribution < 1.29 is 4.79 Å². The van der Waals surface area contributed by atoms with E-state index in [0.717, 1.165) is 16.6 Å². The summed E-state index contributed by atoms with van der Waals surface area (Å²) in [7, 11) is 0. The van der Waals surface area contributed by atoms with E-state index < -0.39 is 0 Å². The first kappa shape index (κ1) is 14.2. The van der Waals surface area contributed by atoms with E-state index >= 15 is 0 Å². The fourth-order valence-corrected chi connectivity index (χ4v) is 2.32. The summed E-state index contributed by atoms with van der Waals surface area (Å²) in [4.78, 5) is 16.1. The van der Waals surface area contributed by atoms with Crippen LogP contribution in [0, 0.1) is 0 Å². The number of fused-ring (bicyclic) bond motifs is 1. The highest BCUT2D eigenvalue weighted by Gasteiger charge is 2.11. The van der Waals surface area contributed by atoms with E-state index in [0.29, 0.717) is 13.0 Å². The number of carbonyl (C=O) groups excluding carboxylic acids is 1. The lowest BCUT2D eigenvalue weighted by molar-refractivity contribution is -0.122. The predicted molar refractivity (Wildman–Crippen MR) is 82.9 cm³/mol. The molecule has 2 heterocycles. The van der Waals surface area contributed by atoms with Crippen LogP contribution in [-0.2, 0) is 11.3 Å². The van der Waals surface area contributed by atoms with Gasteiger partial charge in [0.1, 0.15) is 5.52 Å². The molecule has 6 heteroatoms. The Kier molecular flexibility index (Phi) is 4.09. The van der Waals surface area contributed by atoms with Gasteiger partial charge >= 0.3 is 0 Å². The number of carbonyl (C=O) groups is 1. The van der Waals surface area contributed by atoms with Crippen molar-refractivity contribution in [3.8, 4) is 0 Å². The zero-order valence-electron chi connectivity index (χ0n) is 12.3. The number of nitrogens with one attached hydrogen (secondary N) is 1. The molecule has 0 saturated carbocycles. The molecule has 0 aliphatic carbocycles. The monoisotopic (exact) mass is 295 g/mol. The Balaban J connectivity index is 1.58. The van der Waals surface area contributed by atoms with Gasteiger partial charge in [0.05, 0.1) is 18.1 Å². The molecule has 1 N–H and O–H groups in total. The predicted octanol–water partition coefficient (Wildman–Crippen LogP) is 2.09. The number of rotatable bonds is 5. The van der Waals surface area contributed by atoms with E-state index in [1.807, 2.05) is 43.3 Å². The van der Waals surface area contributed by atoms with Gasteiger partial charge in [0.2, 0.25) is 5.91 Å². The van der Waals surface area contributed by atoms with Crippen LogP contribution in [-0.4, -0.2) is 25.9 Å². The maximum Gasteiger partial charge on any atom is 0.222 e. The van der Waals surface area contributed by atoms with E-state index in [1.165, 1.54) is 0 Å². The van der Waals surface area contributed by atoms with Crippen molar-refractivity contribution in [3.05, 3.63) is 54.4 Å². The van der Waals surface area contributed by atoms with Crippen LogP contribution in [0.3, 0.4) is 0 Å². The number of amides is 1. The second kappa shape index (κ2) is 6.34. The van der Waals surface area contributed by atoms with E-state index in [1.54, 1.807) is 17.1 Å². The fraction of sp³-hybridized carbons (Fsp3) is 0.250. The molecule has 0 bridgehead atoms. The van der Waals surface area contributed by atoms with Gasteiger partial charge in [-0.25, -0.2) is 4.68 Å². The maximum atomic E-state index is 12.1. The van der Waals surface area contributed by atoms with Gasteiger partial charge in [-0.3, -0.25) is 9.78 Å². The summed E-state index contributed by atoms with van der Waals surface area (Å²) in [6.45, 7) is 2.45. The summed E-state index contributed by atoms with van der Waals surface area (Å²) in [6.07, 6.45) is 3.84. The van der Waals surface area contributed by atoms with Crippen molar-refractivity contribution in [2.24, 2.45) is 0 Å². The first-order valence-electron chi connectivity index (χ1n) is 7.21. The molecule has 0 fully saturated rings. The van der Waals surface area contributed by atoms with E-state index in [9.17, 15) is 4.79 Å². The van der Waals surface area contributed by atoms with Crippen LogP contribution in [0.25, 0.3) is 11.0 Å². The van der Waals surface area contributed by atoms with E-state index in [-0.39, 0.29) is 11.9 Å². The van der Waals surface area contributed by atoms with E-state index in [2.05, 4.69) is 20.6 Å². The van der Waals surface area contributed by atoms with Crippen LogP contribution in [0.5, 0.6) is 0 Å². The van der Waals surface area contributed by atoms with Crippen LogP contribution < -0.4 is 5.32 Å². The molecule has 3 rings (SSSR count). The minimum absolute atomic E-state index is 0.0177. The standard InChI is InChI=1S/C16H17N5O/c1-12(13-5-4-9-17-11-13)18-16(22)8-10-21-15-7-3-2-6-14(15)19-20-21/h2-7,9,11-12H,8,10H2,1H3,(H,18,22)/t12-/m1/s1. The van der Waals surface area contributed by atoms with Gasteiger partial charge in [-0.15, -0.1) is 5.10 Å². The van der Waals surface area contributed by atoms with Crippen molar-refractivity contribution in [1.29, 1.82) is 0 Å². The Hall–Kier alpha value is -2.76. The van der Waals surface area contributed by atoms with E-state index in [4.69, 9.17) is 0 Å². The number of pyridine rings is 1. The Morgan fingerprint density at radius 2 is 2.14 bits per heavy atom. The number of hydrogen-bond donors (Lipinski definition) is 1. The molecule has 0 radical (unpaired) electrons. The van der Waals surface area contributed by atoms with Crippen LogP contribution in [0.4, 0.5) is 0 Å². The summed E-state index contributed by atoms with van der Waals surface area (Å²) < 4.78 is 1.75. The highest BCUT2D eigenvalue weighted by molar-refractivity contribution is 5.77. The maximum absolute atomic E-state index is 12.1. The van der Waals surface area contributed by atoms with Gasteiger partial charge in [-0.1, -0.05) is 23.4 Å². The molecule has 6 nitrogen and oxygen atoms in total. The number of nitrogens with zero attached hydrogens (tertiary/aromatic N) is 4. The second-order valence-electron chi connectivity index (χ2n) is 5.13. The summed E-state index contributed by atoms with van der Waals surface area (Å²) in [5.41, 5.74) is 2.77. The molecule has 1 atom stereocenters. The van der Waals surface area contributed by atoms with Crippen LogP contribution >= 0.6 is 0 Å². The van der Waals surface area contributed by atoms with Crippen molar-refractivity contribution in [2.75, 3.05) is 0 Å². The van der Waals surface area contributed by atoms with Crippen molar-refractivity contribution >= 4 is 16.9 Å². The minimum Gasteiger partial charge on any atom is -0.349 e. The third-order valence-electron chi connectivity index (χ3n) is 3.53. The smallest absolute Gasteiger partial charge is 0.222 e. The molecule has 0 unspecified atom stereocenters. The molecule has 0 aliphatic heterocycles. The van der Waals surface area contributed by atoms with Gasteiger partial charge in [-0.05, 0) is 30.7 Å². The van der Waals surface area contributed by atoms with Gasteiger partial charge in [0.25, 0.3) is 0 Å². The average molecular weight is 295 g/mol. The van der Waals surface area contributed by atoms with Crippen molar-refractivity contribution in [2.45, 2.75) is 25.9 Å². The fourth-order valence-electron chi connectivity index (χ4n) is 2.32. The molecule has 0 spiro atoms. The third kappa shape index (κ3) is 3.11. The average Bonchev–Trinajstić information content (AvgIpc) is 2.97. The first-order valence-corrected chi connectivity index (χ1v) is 7.21. The zero-order chi connectivity index (χ0) is 15.4. The molecule has 0 saturated heterocycles. The molecule has 112 valence electrons. The number of aryl methyl sites for hydroxylation is 1. The number of hydrogen-bond acceptors (Lipinski definition) is 4. The summed E-state index contributed by atoms with van der Waals surface area (Å²) in [6, 6.07) is 11.5. The molecule has 2 aromatic heterocycles. The highest BCUT2D eigenvalue weighted by Crippen LogP contribution is 2.12. The van der Waals surface area contributed by atoms with Crippen molar-refractivity contribution in [1.82, 2.24) is 25.3 Å². The molecule has 1 amide bonds. The molecular weight excluding hydrogens is 278 g/mol. The quantitative estimate of drug-likeness (QED) is 0.782. The molecule has 1 aromatic carbocycles. The van der Waals surface area contributed by atoms with Gasteiger partial charge in [0.15, 0.2) is 0 Å².